The third-order valence-electron chi connectivity index (χ3n) is 4.34. The number of urea groups is 1. The first-order valence-corrected chi connectivity index (χ1v) is 8.13. The molecular formula is C18H22N4O. The fourth-order valence-electron chi connectivity index (χ4n) is 2.96. The zero-order chi connectivity index (χ0) is 15.9. The van der Waals surface area contributed by atoms with Crippen LogP contribution >= 0.6 is 0 Å². The molecule has 0 unspecified atom stereocenters. The molecule has 23 heavy (non-hydrogen) atoms. The summed E-state index contributed by atoms with van der Waals surface area (Å²) in [6.07, 6.45) is 8.03. The number of hydrogen-bond acceptors (Lipinski definition) is 3. The number of aromatic nitrogens is 2. The maximum Gasteiger partial charge on any atom is 0.314 e. The third kappa shape index (κ3) is 4.52. The second-order valence-electron chi connectivity index (χ2n) is 6.03. The van der Waals surface area contributed by atoms with Crippen molar-refractivity contribution in [2.24, 2.45) is 5.92 Å². The molecule has 1 aromatic carbocycles. The van der Waals surface area contributed by atoms with Gasteiger partial charge in [0.1, 0.15) is 0 Å². The first kappa shape index (κ1) is 15.5. The molecular weight excluding hydrogens is 288 g/mol. The van der Waals surface area contributed by atoms with E-state index >= 15 is 0 Å². The van der Waals surface area contributed by atoms with Gasteiger partial charge in [-0.25, -0.2) is 4.79 Å². The van der Waals surface area contributed by atoms with E-state index in [1.807, 2.05) is 6.07 Å². The van der Waals surface area contributed by atoms with E-state index in [2.05, 4.69) is 44.9 Å². The van der Waals surface area contributed by atoms with Gasteiger partial charge in [0.2, 0.25) is 0 Å². The number of benzene rings is 1. The highest BCUT2D eigenvalue weighted by molar-refractivity contribution is 5.73. The van der Waals surface area contributed by atoms with Crippen LogP contribution in [0.1, 0.15) is 30.0 Å². The van der Waals surface area contributed by atoms with E-state index in [1.165, 1.54) is 5.56 Å². The van der Waals surface area contributed by atoms with Crippen LogP contribution in [0.4, 0.5) is 4.79 Å². The molecule has 0 saturated heterocycles. The van der Waals surface area contributed by atoms with Crippen molar-refractivity contribution in [2.75, 3.05) is 13.1 Å². The molecule has 1 heterocycles. The summed E-state index contributed by atoms with van der Waals surface area (Å²) >= 11 is 0. The highest BCUT2D eigenvalue weighted by Crippen LogP contribution is 2.40. The van der Waals surface area contributed by atoms with Crippen molar-refractivity contribution in [3.8, 4) is 0 Å². The highest BCUT2D eigenvalue weighted by atomic mass is 16.2. The number of nitrogens with zero attached hydrogens (tertiary/aromatic N) is 2. The molecule has 0 atom stereocenters. The van der Waals surface area contributed by atoms with E-state index in [0.717, 1.165) is 25.1 Å². The van der Waals surface area contributed by atoms with Gasteiger partial charge in [-0.3, -0.25) is 9.97 Å². The van der Waals surface area contributed by atoms with Gasteiger partial charge in [-0.05, 0) is 30.2 Å². The molecule has 1 aliphatic rings. The highest BCUT2D eigenvalue weighted by Gasteiger charge is 2.30. The summed E-state index contributed by atoms with van der Waals surface area (Å²) in [7, 11) is 0. The fourth-order valence-corrected chi connectivity index (χ4v) is 2.96. The van der Waals surface area contributed by atoms with Crippen LogP contribution in [-0.4, -0.2) is 29.1 Å². The molecule has 2 N–H and O–H groups in total. The first-order valence-electron chi connectivity index (χ1n) is 8.13. The van der Waals surface area contributed by atoms with Gasteiger partial charge in [-0.15, -0.1) is 0 Å². The minimum Gasteiger partial charge on any atom is -0.338 e. The summed E-state index contributed by atoms with van der Waals surface area (Å²) in [5.41, 5.74) is 2.30. The normalized spacial score (nSPS) is 19.7. The van der Waals surface area contributed by atoms with Crippen LogP contribution in [0.15, 0.2) is 48.9 Å². The minimum absolute atomic E-state index is 0.1000. The average molecular weight is 310 g/mol. The molecule has 0 aliphatic heterocycles. The topological polar surface area (TPSA) is 66.9 Å². The molecule has 1 aromatic heterocycles. The van der Waals surface area contributed by atoms with Crippen LogP contribution in [0.3, 0.4) is 0 Å². The molecule has 3 rings (SSSR count). The molecule has 1 aliphatic carbocycles. The van der Waals surface area contributed by atoms with Crippen LogP contribution in [0.5, 0.6) is 0 Å². The fraction of sp³-hybridized carbons (Fsp3) is 0.389. The summed E-state index contributed by atoms with van der Waals surface area (Å²) < 4.78 is 0. The van der Waals surface area contributed by atoms with Gasteiger partial charge in [0.25, 0.3) is 0 Å². The van der Waals surface area contributed by atoms with Crippen LogP contribution < -0.4 is 10.6 Å². The zero-order valence-electron chi connectivity index (χ0n) is 13.1. The van der Waals surface area contributed by atoms with Gasteiger partial charge in [-0.1, -0.05) is 30.3 Å². The molecule has 5 heteroatoms. The lowest BCUT2D eigenvalue weighted by atomic mass is 9.71. The summed E-state index contributed by atoms with van der Waals surface area (Å²) in [6.45, 7) is 1.32. The number of nitrogens with one attached hydrogen (secondary N) is 2. The average Bonchev–Trinajstić information content (AvgIpc) is 2.55. The Balaban J connectivity index is 1.29. The van der Waals surface area contributed by atoms with Gasteiger partial charge in [0, 0.05) is 38.1 Å². The minimum atomic E-state index is -0.1000. The van der Waals surface area contributed by atoms with E-state index in [4.69, 9.17) is 0 Å². The monoisotopic (exact) mass is 310 g/mol. The maximum atomic E-state index is 11.8. The van der Waals surface area contributed by atoms with Gasteiger partial charge in [-0.2, -0.15) is 0 Å². The standard InChI is InChI=1S/C18H22N4O/c23-18(21-7-6-17-13-19-8-9-20-17)22-12-14-10-16(11-14)15-4-2-1-3-5-15/h1-5,8-9,13-14,16H,6-7,10-12H2,(H2,21,22,23). The quantitative estimate of drug-likeness (QED) is 0.861. The Kier molecular flexibility index (Phi) is 5.19. The van der Waals surface area contributed by atoms with Gasteiger partial charge in [0.05, 0.1) is 5.69 Å². The molecule has 0 bridgehead atoms. The van der Waals surface area contributed by atoms with Gasteiger partial charge >= 0.3 is 6.03 Å². The smallest absolute Gasteiger partial charge is 0.314 e. The molecule has 1 saturated carbocycles. The molecule has 2 amide bonds. The molecule has 120 valence electrons. The molecule has 5 nitrogen and oxygen atoms in total. The van der Waals surface area contributed by atoms with Crippen molar-refractivity contribution in [3.63, 3.8) is 0 Å². The Hall–Kier alpha value is -2.43. The summed E-state index contributed by atoms with van der Waals surface area (Å²) in [5, 5.41) is 5.82. The maximum absolute atomic E-state index is 11.8. The van der Waals surface area contributed by atoms with Crippen LogP contribution in [0, 0.1) is 5.92 Å². The Bertz CT molecular complexity index is 611. The zero-order valence-corrected chi connectivity index (χ0v) is 13.1. The van der Waals surface area contributed by atoms with E-state index in [9.17, 15) is 4.79 Å². The van der Waals surface area contributed by atoms with Crippen LogP contribution in [-0.2, 0) is 6.42 Å². The number of rotatable bonds is 6. The third-order valence-corrected chi connectivity index (χ3v) is 4.34. The largest absolute Gasteiger partial charge is 0.338 e. The second-order valence-corrected chi connectivity index (χ2v) is 6.03. The SMILES string of the molecule is O=C(NCCc1cnccn1)NCC1CC(c2ccccc2)C1. The van der Waals surface area contributed by atoms with Crippen molar-refractivity contribution in [2.45, 2.75) is 25.2 Å². The predicted octanol–water partition coefficient (Wildman–Crippen LogP) is 2.51. The molecule has 1 fully saturated rings. The van der Waals surface area contributed by atoms with Crippen molar-refractivity contribution < 1.29 is 4.79 Å². The van der Waals surface area contributed by atoms with Gasteiger partial charge < -0.3 is 10.6 Å². The van der Waals surface area contributed by atoms with Crippen molar-refractivity contribution in [1.82, 2.24) is 20.6 Å². The number of carbonyl (C=O) groups excluding carboxylic acids is 1. The molecule has 0 radical (unpaired) electrons. The van der Waals surface area contributed by atoms with Crippen molar-refractivity contribution in [1.29, 1.82) is 0 Å². The second kappa shape index (κ2) is 7.72. The number of carbonyl (C=O) groups is 1. The summed E-state index contributed by atoms with van der Waals surface area (Å²) in [6, 6.07) is 10.5. The lowest BCUT2D eigenvalue weighted by molar-refractivity contribution is 0.224. The van der Waals surface area contributed by atoms with Gasteiger partial charge in [0.15, 0.2) is 0 Å². The van der Waals surface area contributed by atoms with E-state index < -0.39 is 0 Å². The molecule has 0 spiro atoms. The van der Waals surface area contributed by atoms with Crippen LogP contribution in [0.2, 0.25) is 0 Å². The Labute approximate surface area is 136 Å². The Morgan fingerprint density at radius 1 is 1.13 bits per heavy atom. The predicted molar refractivity (Wildman–Crippen MR) is 89.0 cm³/mol. The Morgan fingerprint density at radius 2 is 1.96 bits per heavy atom. The van der Waals surface area contributed by atoms with Crippen LogP contribution in [0.25, 0.3) is 0 Å². The number of amides is 2. The first-order chi connectivity index (χ1) is 11.3. The summed E-state index contributed by atoms with van der Waals surface area (Å²) in [5.74, 6) is 1.24. The lowest BCUT2D eigenvalue weighted by Crippen LogP contribution is -2.41. The van der Waals surface area contributed by atoms with E-state index in [0.29, 0.717) is 24.8 Å². The van der Waals surface area contributed by atoms with E-state index in [1.54, 1.807) is 18.6 Å². The van der Waals surface area contributed by atoms with Crippen molar-refractivity contribution in [3.05, 3.63) is 60.2 Å². The van der Waals surface area contributed by atoms with E-state index in [-0.39, 0.29) is 6.03 Å². The Morgan fingerprint density at radius 3 is 2.70 bits per heavy atom. The van der Waals surface area contributed by atoms with Crippen molar-refractivity contribution >= 4 is 6.03 Å². The summed E-state index contributed by atoms with van der Waals surface area (Å²) in [4.78, 5) is 19.9. The number of hydrogen-bond donors (Lipinski definition) is 2. The molecule has 2 aromatic rings. The lowest BCUT2D eigenvalue weighted by Gasteiger charge is -2.35.